The number of Topliss-reactive ketones (excluding diaryl/α,β-unsaturated/α-hetero) is 1. The first-order chi connectivity index (χ1) is 30.0. The molecule has 0 unspecified atom stereocenters. The maximum absolute atomic E-state index is 12.3. The van der Waals surface area contributed by atoms with E-state index in [0.717, 1.165) is 51.4 Å². The van der Waals surface area contributed by atoms with Crippen LogP contribution >= 0.6 is 12.8 Å². The molecular formula is C43H79N5O13S. The monoisotopic (exact) mass is 906 g/mol. The summed E-state index contributed by atoms with van der Waals surface area (Å²) in [6.45, 7) is 3.85. The van der Waals surface area contributed by atoms with E-state index in [9.17, 15) is 38.7 Å². The lowest BCUT2D eigenvalue weighted by Crippen LogP contribution is -2.41. The Hall–Kier alpha value is -3.36. The molecular weight excluding hydrogens is 827 g/mol. The molecule has 0 radical (unpaired) electrons. The van der Waals surface area contributed by atoms with Crippen molar-refractivity contribution >= 4 is 54.2 Å². The van der Waals surface area contributed by atoms with Crippen LogP contribution in [-0.4, -0.2) is 136 Å². The highest BCUT2D eigenvalue weighted by Gasteiger charge is 2.21. The van der Waals surface area contributed by atoms with E-state index in [-0.39, 0.29) is 127 Å². The minimum atomic E-state index is -1.18. The highest BCUT2D eigenvalue weighted by Crippen LogP contribution is 2.14. The smallest absolute Gasteiger partial charge is 0.326 e. The van der Waals surface area contributed by atoms with Gasteiger partial charge in [0.15, 0.2) is 0 Å². The molecule has 18 nitrogen and oxygen atoms in total. The zero-order valence-corrected chi connectivity index (χ0v) is 38.2. The number of carboxylic acid groups (broad SMARTS) is 2. The maximum atomic E-state index is 12.3. The van der Waals surface area contributed by atoms with Crippen LogP contribution in [0.2, 0.25) is 0 Å². The average Bonchev–Trinajstić information content (AvgIpc) is 3.24. The van der Waals surface area contributed by atoms with Crippen LogP contribution in [0.5, 0.6) is 0 Å². The third-order valence-corrected chi connectivity index (χ3v) is 10.1. The second-order valence-electron chi connectivity index (χ2n) is 15.2. The van der Waals surface area contributed by atoms with Crippen LogP contribution in [0.15, 0.2) is 0 Å². The fraction of sp³-hybridized carbons (Fsp3) is 0.837. The molecule has 4 amide bonds. The van der Waals surface area contributed by atoms with Gasteiger partial charge in [0.1, 0.15) is 25.0 Å². The lowest BCUT2D eigenvalue weighted by atomic mass is 10.0. The van der Waals surface area contributed by atoms with E-state index in [4.69, 9.17) is 24.1 Å². The number of carbonyl (C=O) groups excluding carboxylic acids is 5. The second-order valence-corrected chi connectivity index (χ2v) is 15.5. The SMILES string of the molecule is CCC(=O)[C@H](CCCCNC(=O)COCCOCCNC(=O)COCCOCCNC(=O)CC[C@H](NC(=O)CCCCCCCCCCCCCCCCC(=O)O)C(=O)O)NS. The van der Waals surface area contributed by atoms with Crippen LogP contribution in [-0.2, 0) is 52.5 Å². The Balaban J connectivity index is 3.66. The van der Waals surface area contributed by atoms with Crippen molar-refractivity contribution < 1.29 is 62.7 Å². The van der Waals surface area contributed by atoms with E-state index < -0.39 is 18.0 Å². The van der Waals surface area contributed by atoms with E-state index in [1.54, 1.807) is 0 Å². The summed E-state index contributed by atoms with van der Waals surface area (Å²) < 4.78 is 24.1. The van der Waals surface area contributed by atoms with Gasteiger partial charge in [-0.3, -0.25) is 33.5 Å². The zero-order valence-electron chi connectivity index (χ0n) is 37.3. The first-order valence-corrected chi connectivity index (χ1v) is 23.2. The van der Waals surface area contributed by atoms with Gasteiger partial charge in [0, 0.05) is 45.3 Å². The number of hydrogen-bond donors (Lipinski definition) is 8. The molecule has 0 aromatic carbocycles. The summed E-state index contributed by atoms with van der Waals surface area (Å²) in [5, 5.41) is 28.8. The summed E-state index contributed by atoms with van der Waals surface area (Å²) in [7, 11) is 0. The third kappa shape index (κ3) is 39.5. The summed E-state index contributed by atoms with van der Waals surface area (Å²) in [6.07, 6.45) is 18.1. The minimum absolute atomic E-state index is 0.0272. The van der Waals surface area contributed by atoms with Gasteiger partial charge in [-0.15, -0.1) is 0 Å². The summed E-state index contributed by atoms with van der Waals surface area (Å²) >= 11 is 3.99. The van der Waals surface area contributed by atoms with Crippen molar-refractivity contribution in [2.24, 2.45) is 0 Å². The Kier molecular flexibility index (Phi) is 40.6. The Labute approximate surface area is 374 Å². The molecule has 360 valence electrons. The molecule has 0 fully saturated rings. The number of nitrogens with one attached hydrogen (secondary N) is 5. The first kappa shape index (κ1) is 58.6. The number of unbranched alkanes of at least 4 members (excludes halogenated alkanes) is 14. The number of thiol groups is 1. The van der Waals surface area contributed by atoms with E-state index in [1.807, 2.05) is 6.92 Å². The Bertz CT molecular complexity index is 1220. The lowest BCUT2D eigenvalue weighted by Gasteiger charge is -2.14. The molecule has 0 saturated heterocycles. The summed E-state index contributed by atoms with van der Waals surface area (Å²) in [5.74, 6) is -3.02. The van der Waals surface area contributed by atoms with Gasteiger partial charge in [-0.2, -0.15) is 0 Å². The van der Waals surface area contributed by atoms with Crippen molar-refractivity contribution in [3.05, 3.63) is 0 Å². The predicted molar refractivity (Wildman–Crippen MR) is 238 cm³/mol. The van der Waals surface area contributed by atoms with Gasteiger partial charge >= 0.3 is 11.9 Å². The molecule has 0 bridgehead atoms. The van der Waals surface area contributed by atoms with Crippen molar-refractivity contribution in [2.45, 2.75) is 160 Å². The van der Waals surface area contributed by atoms with Crippen molar-refractivity contribution in [1.82, 2.24) is 26.0 Å². The zero-order chi connectivity index (χ0) is 45.9. The summed E-state index contributed by atoms with van der Waals surface area (Å²) in [4.78, 5) is 82.2. The molecule has 0 aromatic heterocycles. The molecule has 62 heavy (non-hydrogen) atoms. The van der Waals surface area contributed by atoms with Crippen LogP contribution < -0.4 is 26.0 Å². The fourth-order valence-corrected chi connectivity index (χ4v) is 6.49. The number of ketones is 1. The number of ether oxygens (including phenoxy) is 4. The number of amides is 4. The van der Waals surface area contributed by atoms with Crippen molar-refractivity contribution in [3.63, 3.8) is 0 Å². The maximum Gasteiger partial charge on any atom is 0.326 e. The Morgan fingerprint density at radius 1 is 0.468 bits per heavy atom. The molecule has 0 saturated carbocycles. The molecule has 0 aromatic rings. The van der Waals surface area contributed by atoms with Gasteiger partial charge in [0.25, 0.3) is 0 Å². The lowest BCUT2D eigenvalue weighted by molar-refractivity contribution is -0.142. The minimum Gasteiger partial charge on any atom is -0.481 e. The fourth-order valence-electron chi connectivity index (χ4n) is 6.21. The number of rotatable bonds is 46. The van der Waals surface area contributed by atoms with Crippen molar-refractivity contribution in [3.8, 4) is 0 Å². The number of hydrogen-bond acceptors (Lipinski definition) is 13. The van der Waals surface area contributed by atoms with Gasteiger partial charge < -0.3 is 50.4 Å². The molecule has 7 N–H and O–H groups in total. The topological polar surface area (TPSA) is 257 Å². The van der Waals surface area contributed by atoms with Crippen molar-refractivity contribution in [2.75, 3.05) is 72.5 Å². The van der Waals surface area contributed by atoms with E-state index >= 15 is 0 Å². The second kappa shape index (κ2) is 42.9. The van der Waals surface area contributed by atoms with E-state index in [1.165, 1.54) is 44.9 Å². The molecule has 0 rings (SSSR count). The largest absolute Gasteiger partial charge is 0.481 e. The highest BCUT2D eigenvalue weighted by molar-refractivity contribution is 7.78. The molecule has 19 heteroatoms. The Morgan fingerprint density at radius 2 is 0.919 bits per heavy atom. The van der Waals surface area contributed by atoms with Gasteiger partial charge in [-0.05, 0) is 38.5 Å². The average molecular weight is 906 g/mol. The van der Waals surface area contributed by atoms with Crippen LogP contribution in [0, 0.1) is 0 Å². The third-order valence-electron chi connectivity index (χ3n) is 9.82. The summed E-state index contributed by atoms with van der Waals surface area (Å²) in [6, 6.07) is -1.41. The standard InChI is InChI=1S/C43H79N5O13S/c1-2-37(49)35(48-62)19-17-18-24-44-40(52)33-60-31-30-59-28-26-46-41(53)34-61-32-29-58-27-25-45-38(50)23-22-36(43(56)57)47-39(51)20-15-13-11-9-7-5-3-4-6-8-10-12-14-16-21-42(54)55/h35-36,48,62H,2-34H2,1H3,(H,44,52)(H,45,50)(H,46,53)(H,47,51)(H,54,55)(H,56,57)/t35-,36-/m0/s1. The number of carbonyl (C=O) groups is 7. The van der Waals surface area contributed by atoms with Crippen molar-refractivity contribution in [1.29, 1.82) is 0 Å². The summed E-state index contributed by atoms with van der Waals surface area (Å²) in [5.41, 5.74) is 0. The van der Waals surface area contributed by atoms with Crippen LogP contribution in [0.4, 0.5) is 0 Å². The first-order valence-electron chi connectivity index (χ1n) is 22.8. The van der Waals surface area contributed by atoms with Crippen LogP contribution in [0.25, 0.3) is 0 Å². The predicted octanol–water partition coefficient (Wildman–Crippen LogP) is 4.03. The van der Waals surface area contributed by atoms with Gasteiger partial charge in [0.05, 0.1) is 45.7 Å². The van der Waals surface area contributed by atoms with Gasteiger partial charge in [-0.1, -0.05) is 96.8 Å². The van der Waals surface area contributed by atoms with Crippen LogP contribution in [0.1, 0.15) is 148 Å². The normalized spacial score (nSPS) is 12.0. The van der Waals surface area contributed by atoms with E-state index in [0.29, 0.717) is 25.8 Å². The molecule has 0 aliphatic heterocycles. The molecule has 0 spiro atoms. The molecule has 0 aliphatic carbocycles. The number of aliphatic carboxylic acids is 2. The Morgan fingerprint density at radius 3 is 1.39 bits per heavy atom. The molecule has 0 heterocycles. The van der Waals surface area contributed by atoms with Gasteiger partial charge in [0.2, 0.25) is 23.6 Å². The number of carboxylic acids is 2. The van der Waals surface area contributed by atoms with Gasteiger partial charge in [-0.25, -0.2) is 4.79 Å². The van der Waals surface area contributed by atoms with E-state index in [2.05, 4.69) is 38.8 Å². The molecule has 0 aliphatic rings. The van der Waals surface area contributed by atoms with Crippen LogP contribution in [0.3, 0.4) is 0 Å². The molecule has 2 atom stereocenters. The quantitative estimate of drug-likeness (QED) is 0.0317. The highest BCUT2D eigenvalue weighted by atomic mass is 32.1.